The second kappa shape index (κ2) is 10.7. The monoisotopic (exact) mass is 229 g/mol. The van der Waals surface area contributed by atoms with E-state index in [9.17, 15) is 4.79 Å². The molecule has 96 valence electrons. The van der Waals surface area contributed by atoms with E-state index in [1.54, 1.807) is 6.92 Å². The Bertz CT molecular complexity index is 200. The lowest BCUT2D eigenvalue weighted by Gasteiger charge is -2.15. The van der Waals surface area contributed by atoms with E-state index in [-0.39, 0.29) is 5.97 Å². The molecular weight excluding hydrogens is 202 g/mol. The Morgan fingerprint density at radius 3 is 2.25 bits per heavy atom. The number of rotatable bonds is 6. The Hall–Kier alpha value is -0.830. The van der Waals surface area contributed by atoms with Crippen molar-refractivity contribution in [2.75, 3.05) is 27.2 Å². The molecule has 0 spiro atoms. The smallest absolute Gasteiger partial charge is 0.333 e. The van der Waals surface area contributed by atoms with Gasteiger partial charge in [0.2, 0.25) is 0 Å². The fraction of sp³-hybridized carbons (Fsp3) is 0.769. The summed E-state index contributed by atoms with van der Waals surface area (Å²) in [6.07, 6.45) is 1.04. The fourth-order valence-corrected chi connectivity index (χ4v) is 0.903. The molecule has 0 amide bonds. The zero-order valence-corrected chi connectivity index (χ0v) is 11.7. The molecule has 0 aliphatic rings. The van der Waals surface area contributed by atoms with Crippen molar-refractivity contribution in [3.8, 4) is 0 Å². The van der Waals surface area contributed by atoms with Gasteiger partial charge in [-0.3, -0.25) is 0 Å². The van der Waals surface area contributed by atoms with Crippen molar-refractivity contribution in [3.63, 3.8) is 0 Å². The van der Waals surface area contributed by atoms with Crippen molar-refractivity contribution < 1.29 is 9.53 Å². The van der Waals surface area contributed by atoms with Gasteiger partial charge in [0.05, 0.1) is 6.61 Å². The second-order valence-electron chi connectivity index (χ2n) is 4.08. The maximum atomic E-state index is 11.1. The SMILES string of the molecule is C=C(C)C(=O)OCC(C)CCN(C)C.CC. The van der Waals surface area contributed by atoms with Gasteiger partial charge in [0.15, 0.2) is 0 Å². The second-order valence-corrected chi connectivity index (χ2v) is 4.08. The van der Waals surface area contributed by atoms with Crippen LogP contribution >= 0.6 is 0 Å². The molecule has 0 aromatic rings. The van der Waals surface area contributed by atoms with Gasteiger partial charge in [-0.1, -0.05) is 27.4 Å². The summed E-state index contributed by atoms with van der Waals surface area (Å²) >= 11 is 0. The van der Waals surface area contributed by atoms with E-state index < -0.39 is 0 Å². The molecular formula is C13H27NO2. The van der Waals surface area contributed by atoms with Crippen LogP contribution in [0.15, 0.2) is 12.2 Å². The van der Waals surface area contributed by atoms with Gasteiger partial charge >= 0.3 is 5.97 Å². The molecule has 0 N–H and O–H groups in total. The van der Waals surface area contributed by atoms with Crippen LogP contribution < -0.4 is 0 Å². The summed E-state index contributed by atoms with van der Waals surface area (Å²) in [5.74, 6) is 0.113. The number of nitrogens with zero attached hydrogens (tertiary/aromatic N) is 1. The maximum Gasteiger partial charge on any atom is 0.333 e. The highest BCUT2D eigenvalue weighted by Crippen LogP contribution is 2.04. The molecule has 1 atom stereocenters. The third-order valence-corrected chi connectivity index (χ3v) is 1.92. The van der Waals surface area contributed by atoms with Crippen LogP contribution in [0, 0.1) is 5.92 Å². The lowest BCUT2D eigenvalue weighted by Crippen LogP contribution is -2.19. The van der Waals surface area contributed by atoms with Gasteiger partial charge in [0.25, 0.3) is 0 Å². The van der Waals surface area contributed by atoms with Gasteiger partial charge in [-0.2, -0.15) is 0 Å². The van der Waals surface area contributed by atoms with E-state index in [4.69, 9.17) is 4.74 Å². The van der Waals surface area contributed by atoms with E-state index in [0.717, 1.165) is 13.0 Å². The molecule has 0 heterocycles. The summed E-state index contributed by atoms with van der Waals surface area (Å²) in [7, 11) is 4.07. The lowest BCUT2D eigenvalue weighted by molar-refractivity contribution is -0.140. The molecule has 0 aliphatic carbocycles. The Kier molecular flexibility index (Phi) is 11.7. The van der Waals surface area contributed by atoms with Gasteiger partial charge in [-0.15, -0.1) is 0 Å². The lowest BCUT2D eigenvalue weighted by atomic mass is 10.1. The normalized spacial score (nSPS) is 11.4. The molecule has 0 aromatic heterocycles. The van der Waals surface area contributed by atoms with E-state index >= 15 is 0 Å². The molecule has 0 radical (unpaired) electrons. The van der Waals surface area contributed by atoms with Crippen LogP contribution in [0.3, 0.4) is 0 Å². The molecule has 3 nitrogen and oxygen atoms in total. The Balaban J connectivity index is 0. The third-order valence-electron chi connectivity index (χ3n) is 1.92. The Morgan fingerprint density at radius 2 is 1.88 bits per heavy atom. The minimum atomic E-state index is -0.290. The van der Waals surface area contributed by atoms with Gasteiger partial charge in [-0.05, 0) is 39.9 Å². The van der Waals surface area contributed by atoms with Crippen LogP contribution in [-0.4, -0.2) is 38.1 Å². The van der Waals surface area contributed by atoms with Crippen LogP contribution in [0.1, 0.15) is 34.1 Å². The number of esters is 1. The quantitative estimate of drug-likeness (QED) is 0.518. The highest BCUT2D eigenvalue weighted by atomic mass is 16.5. The molecule has 0 aliphatic heterocycles. The molecule has 0 bridgehead atoms. The van der Waals surface area contributed by atoms with Gasteiger partial charge in [0, 0.05) is 5.57 Å². The highest BCUT2D eigenvalue weighted by molar-refractivity contribution is 5.86. The van der Waals surface area contributed by atoms with Crippen molar-refractivity contribution >= 4 is 5.97 Å². The van der Waals surface area contributed by atoms with Crippen LogP contribution in [-0.2, 0) is 9.53 Å². The van der Waals surface area contributed by atoms with E-state index in [1.807, 2.05) is 27.9 Å². The van der Waals surface area contributed by atoms with E-state index in [0.29, 0.717) is 18.1 Å². The molecule has 3 heteroatoms. The van der Waals surface area contributed by atoms with Crippen molar-refractivity contribution in [2.45, 2.75) is 34.1 Å². The zero-order chi connectivity index (χ0) is 13.1. The summed E-state index contributed by atoms with van der Waals surface area (Å²) in [5, 5.41) is 0. The average Bonchev–Trinajstić information content (AvgIpc) is 2.25. The molecule has 0 saturated carbocycles. The van der Waals surface area contributed by atoms with E-state index in [2.05, 4.69) is 18.4 Å². The summed E-state index contributed by atoms with van der Waals surface area (Å²) in [6.45, 7) is 12.8. The van der Waals surface area contributed by atoms with Gasteiger partial charge < -0.3 is 9.64 Å². The Morgan fingerprint density at radius 1 is 1.38 bits per heavy atom. The number of carbonyl (C=O) groups is 1. The van der Waals surface area contributed by atoms with Crippen molar-refractivity contribution in [1.82, 2.24) is 4.90 Å². The van der Waals surface area contributed by atoms with Crippen LogP contribution in [0.25, 0.3) is 0 Å². The molecule has 0 fully saturated rings. The first-order chi connectivity index (χ1) is 7.43. The predicted octanol–water partition coefficient (Wildman–Crippen LogP) is 2.72. The largest absolute Gasteiger partial charge is 0.462 e. The number of ether oxygens (including phenoxy) is 1. The fourth-order valence-electron chi connectivity index (χ4n) is 0.903. The third kappa shape index (κ3) is 11.2. The standard InChI is InChI=1S/C11H21NO2.C2H6/c1-9(2)11(13)14-8-10(3)6-7-12(4)5;1-2/h10H,1,6-8H2,2-5H3;1-2H3. The van der Waals surface area contributed by atoms with E-state index in [1.165, 1.54) is 0 Å². The maximum absolute atomic E-state index is 11.1. The van der Waals surface area contributed by atoms with Crippen molar-refractivity contribution in [2.24, 2.45) is 5.92 Å². The highest BCUT2D eigenvalue weighted by Gasteiger charge is 2.07. The summed E-state index contributed by atoms with van der Waals surface area (Å²) in [5.41, 5.74) is 0.463. The number of hydrogen-bond donors (Lipinski definition) is 0. The van der Waals surface area contributed by atoms with Gasteiger partial charge in [-0.25, -0.2) is 4.79 Å². The summed E-state index contributed by atoms with van der Waals surface area (Å²) in [6, 6.07) is 0. The number of carbonyl (C=O) groups excluding carboxylic acids is 1. The molecule has 16 heavy (non-hydrogen) atoms. The van der Waals surface area contributed by atoms with Crippen LogP contribution in [0.2, 0.25) is 0 Å². The summed E-state index contributed by atoms with van der Waals surface area (Å²) < 4.78 is 5.04. The first kappa shape index (κ1) is 17.6. The van der Waals surface area contributed by atoms with Crippen molar-refractivity contribution in [1.29, 1.82) is 0 Å². The molecule has 0 aromatic carbocycles. The van der Waals surface area contributed by atoms with Gasteiger partial charge in [0.1, 0.15) is 0 Å². The van der Waals surface area contributed by atoms with Crippen LogP contribution in [0.4, 0.5) is 0 Å². The Labute approximate surface area is 100 Å². The van der Waals surface area contributed by atoms with Crippen LogP contribution in [0.5, 0.6) is 0 Å². The zero-order valence-electron chi connectivity index (χ0n) is 11.7. The molecule has 0 saturated heterocycles. The number of hydrogen-bond acceptors (Lipinski definition) is 3. The average molecular weight is 229 g/mol. The molecule has 1 unspecified atom stereocenters. The summed E-state index contributed by atoms with van der Waals surface area (Å²) in [4.78, 5) is 13.2. The minimum Gasteiger partial charge on any atom is -0.462 e. The first-order valence-corrected chi connectivity index (χ1v) is 5.90. The predicted molar refractivity (Wildman–Crippen MR) is 69.5 cm³/mol. The topological polar surface area (TPSA) is 29.5 Å². The minimum absolute atomic E-state index is 0.290. The van der Waals surface area contributed by atoms with Crippen molar-refractivity contribution in [3.05, 3.63) is 12.2 Å². The first-order valence-electron chi connectivity index (χ1n) is 5.90. The molecule has 0 rings (SSSR count).